The van der Waals surface area contributed by atoms with Crippen molar-refractivity contribution in [1.82, 2.24) is 9.80 Å². The molecule has 1 saturated carbocycles. The number of benzene rings is 2. The predicted octanol–water partition coefficient (Wildman–Crippen LogP) is 6.09. The molecule has 0 unspecified atom stereocenters. The molecule has 1 heterocycles. The lowest BCUT2D eigenvalue weighted by molar-refractivity contribution is 0.0757. The fraction of sp³-hybridized carbons (Fsp3) is 0.433. The standard InChI is InChI=1S/C30H37FN2O4/c1-32(18-17-22-13-15-27(35-2)29(19-22)36-3)30(34)28-16-14-25(37-28)21-33(24-10-5-4-6-11-24)20-23-9-7-8-12-26(23)31/h7-9,12-16,19,24H,4-6,10-11,17-18,20-21H2,1-3H3. The monoisotopic (exact) mass is 508 g/mol. The Kier molecular flexibility index (Phi) is 9.23. The fourth-order valence-electron chi connectivity index (χ4n) is 5.01. The molecule has 0 N–H and O–H groups in total. The molecule has 198 valence electrons. The Morgan fingerprint density at radius 3 is 2.46 bits per heavy atom. The van der Waals surface area contributed by atoms with Crippen molar-refractivity contribution in [2.45, 2.75) is 57.7 Å². The molecule has 7 heteroatoms. The molecule has 0 atom stereocenters. The summed E-state index contributed by atoms with van der Waals surface area (Å²) in [5.74, 6) is 2.04. The van der Waals surface area contributed by atoms with E-state index in [0.717, 1.165) is 24.2 Å². The first-order valence-corrected chi connectivity index (χ1v) is 13.0. The number of hydrogen-bond donors (Lipinski definition) is 0. The van der Waals surface area contributed by atoms with Crippen LogP contribution in [0.5, 0.6) is 11.5 Å². The van der Waals surface area contributed by atoms with E-state index < -0.39 is 0 Å². The van der Waals surface area contributed by atoms with Crippen molar-refractivity contribution < 1.29 is 23.1 Å². The summed E-state index contributed by atoms with van der Waals surface area (Å²) in [5.41, 5.74) is 1.74. The van der Waals surface area contributed by atoms with Gasteiger partial charge in [-0.1, -0.05) is 43.5 Å². The van der Waals surface area contributed by atoms with Crippen LogP contribution in [0, 0.1) is 5.82 Å². The topological polar surface area (TPSA) is 55.2 Å². The lowest BCUT2D eigenvalue weighted by Crippen LogP contribution is -2.36. The Hall–Kier alpha value is -3.32. The fourth-order valence-corrected chi connectivity index (χ4v) is 5.01. The molecule has 0 radical (unpaired) electrons. The van der Waals surface area contributed by atoms with E-state index in [9.17, 15) is 9.18 Å². The van der Waals surface area contributed by atoms with Crippen molar-refractivity contribution in [1.29, 1.82) is 0 Å². The van der Waals surface area contributed by atoms with Gasteiger partial charge in [0, 0.05) is 31.7 Å². The highest BCUT2D eigenvalue weighted by Gasteiger charge is 2.24. The van der Waals surface area contributed by atoms with Crippen molar-refractivity contribution in [2.24, 2.45) is 0 Å². The highest BCUT2D eigenvalue weighted by Crippen LogP contribution is 2.28. The molecule has 3 aromatic rings. The number of carbonyl (C=O) groups excluding carboxylic acids is 1. The van der Waals surface area contributed by atoms with Crippen LogP contribution in [0.2, 0.25) is 0 Å². The predicted molar refractivity (Wildman–Crippen MR) is 141 cm³/mol. The molecule has 37 heavy (non-hydrogen) atoms. The first-order valence-electron chi connectivity index (χ1n) is 13.0. The number of halogens is 1. The number of ether oxygens (including phenoxy) is 2. The minimum atomic E-state index is -0.185. The second-order valence-electron chi connectivity index (χ2n) is 9.72. The van der Waals surface area contributed by atoms with Crippen molar-refractivity contribution in [3.8, 4) is 11.5 Å². The van der Waals surface area contributed by atoms with Gasteiger partial charge >= 0.3 is 0 Å². The Balaban J connectivity index is 1.39. The van der Waals surface area contributed by atoms with Crippen LogP contribution in [0.1, 0.15) is 59.5 Å². The van der Waals surface area contributed by atoms with Gasteiger partial charge in [-0.15, -0.1) is 0 Å². The minimum absolute atomic E-state index is 0.162. The van der Waals surface area contributed by atoms with Gasteiger partial charge < -0.3 is 18.8 Å². The van der Waals surface area contributed by atoms with Crippen molar-refractivity contribution >= 4 is 5.91 Å². The van der Waals surface area contributed by atoms with Crippen LogP contribution in [0.15, 0.2) is 59.0 Å². The quantitative estimate of drug-likeness (QED) is 0.314. The number of amides is 1. The third-order valence-corrected chi connectivity index (χ3v) is 7.18. The summed E-state index contributed by atoms with van der Waals surface area (Å²) in [4.78, 5) is 17.0. The lowest BCUT2D eigenvalue weighted by Gasteiger charge is -2.34. The van der Waals surface area contributed by atoms with Crippen molar-refractivity contribution in [3.05, 3.63) is 83.1 Å². The van der Waals surface area contributed by atoms with Crippen LogP contribution in [-0.4, -0.2) is 49.6 Å². The zero-order valence-corrected chi connectivity index (χ0v) is 22.0. The zero-order chi connectivity index (χ0) is 26.2. The molecule has 1 aliphatic carbocycles. The lowest BCUT2D eigenvalue weighted by atomic mass is 9.93. The summed E-state index contributed by atoms with van der Waals surface area (Å²) >= 11 is 0. The maximum atomic E-state index is 14.4. The molecular weight excluding hydrogens is 471 g/mol. The Morgan fingerprint density at radius 1 is 0.973 bits per heavy atom. The third kappa shape index (κ3) is 6.92. The van der Waals surface area contributed by atoms with E-state index in [4.69, 9.17) is 13.9 Å². The maximum Gasteiger partial charge on any atom is 0.289 e. The van der Waals surface area contributed by atoms with E-state index in [0.29, 0.717) is 54.9 Å². The molecular formula is C30H37FN2O4. The molecule has 1 aliphatic rings. The van der Waals surface area contributed by atoms with E-state index in [-0.39, 0.29) is 11.7 Å². The van der Waals surface area contributed by atoms with Crippen LogP contribution in [0.25, 0.3) is 0 Å². The van der Waals surface area contributed by atoms with Crippen LogP contribution in [0.3, 0.4) is 0 Å². The molecule has 0 bridgehead atoms. The van der Waals surface area contributed by atoms with Crippen LogP contribution < -0.4 is 9.47 Å². The van der Waals surface area contributed by atoms with Crippen molar-refractivity contribution in [2.75, 3.05) is 27.8 Å². The summed E-state index contributed by atoms with van der Waals surface area (Å²) in [6.45, 7) is 1.60. The molecule has 1 fully saturated rings. The Labute approximate surface area is 219 Å². The highest BCUT2D eigenvalue weighted by atomic mass is 19.1. The summed E-state index contributed by atoms with van der Waals surface area (Å²) in [6.07, 6.45) is 6.49. The summed E-state index contributed by atoms with van der Waals surface area (Å²) in [5, 5.41) is 0. The molecule has 1 aromatic heterocycles. The molecule has 2 aromatic carbocycles. The van der Waals surface area contributed by atoms with E-state index in [2.05, 4.69) is 4.90 Å². The van der Waals surface area contributed by atoms with Gasteiger partial charge in [0.05, 0.1) is 20.8 Å². The molecule has 0 saturated heterocycles. The van der Waals surface area contributed by atoms with Crippen LogP contribution >= 0.6 is 0 Å². The normalized spacial score (nSPS) is 14.1. The van der Waals surface area contributed by atoms with Gasteiger partial charge in [0.25, 0.3) is 5.91 Å². The Morgan fingerprint density at radius 2 is 1.73 bits per heavy atom. The van der Waals surface area contributed by atoms with Crippen molar-refractivity contribution in [3.63, 3.8) is 0 Å². The highest BCUT2D eigenvalue weighted by molar-refractivity contribution is 5.91. The molecule has 0 spiro atoms. The van der Waals surface area contributed by atoms with Crippen LogP contribution in [0.4, 0.5) is 4.39 Å². The Bertz CT molecular complexity index is 1170. The number of methoxy groups -OCH3 is 2. The average Bonchev–Trinajstić information content (AvgIpc) is 3.40. The first-order chi connectivity index (χ1) is 18.0. The molecule has 6 nitrogen and oxygen atoms in total. The average molecular weight is 509 g/mol. The number of hydrogen-bond acceptors (Lipinski definition) is 5. The summed E-state index contributed by atoms with van der Waals surface area (Å²) < 4.78 is 31.1. The van der Waals surface area contributed by atoms with Gasteiger partial charge in [-0.3, -0.25) is 9.69 Å². The number of carbonyl (C=O) groups is 1. The summed E-state index contributed by atoms with van der Waals surface area (Å²) in [6, 6.07) is 16.7. The minimum Gasteiger partial charge on any atom is -0.493 e. The second kappa shape index (κ2) is 12.8. The van der Waals surface area contributed by atoms with Gasteiger partial charge in [-0.25, -0.2) is 4.39 Å². The summed E-state index contributed by atoms with van der Waals surface area (Å²) in [7, 11) is 4.99. The smallest absolute Gasteiger partial charge is 0.289 e. The van der Waals surface area contributed by atoms with E-state index in [1.54, 1.807) is 38.3 Å². The second-order valence-corrected chi connectivity index (χ2v) is 9.72. The SMILES string of the molecule is COc1ccc(CCN(C)C(=O)c2ccc(CN(Cc3ccccc3F)C3CCCCC3)o2)cc1OC. The van der Waals surface area contributed by atoms with Crippen LogP contribution in [-0.2, 0) is 19.5 Å². The van der Waals surface area contributed by atoms with Gasteiger partial charge in [0.2, 0.25) is 0 Å². The van der Waals surface area contributed by atoms with Gasteiger partial charge in [0.1, 0.15) is 11.6 Å². The number of nitrogens with zero attached hydrogens (tertiary/aromatic N) is 2. The first kappa shape index (κ1) is 26.7. The third-order valence-electron chi connectivity index (χ3n) is 7.18. The van der Waals surface area contributed by atoms with Gasteiger partial charge in [-0.05, 0) is 55.2 Å². The number of likely N-dealkylation sites (N-methyl/N-ethyl adjacent to an activating group) is 1. The maximum absolute atomic E-state index is 14.4. The van der Waals surface area contributed by atoms with Gasteiger partial charge in [-0.2, -0.15) is 0 Å². The zero-order valence-electron chi connectivity index (χ0n) is 22.0. The molecule has 4 rings (SSSR count). The molecule has 1 amide bonds. The number of furan rings is 1. The van der Waals surface area contributed by atoms with E-state index in [1.807, 2.05) is 36.4 Å². The van der Waals surface area contributed by atoms with E-state index >= 15 is 0 Å². The number of rotatable bonds is 11. The largest absolute Gasteiger partial charge is 0.493 e. The van der Waals surface area contributed by atoms with E-state index in [1.165, 1.54) is 25.3 Å². The van der Waals surface area contributed by atoms with Gasteiger partial charge in [0.15, 0.2) is 17.3 Å². The molecule has 0 aliphatic heterocycles.